The Morgan fingerprint density at radius 1 is 0.750 bits per heavy atom. The molecular formula is C18H13OS. The second-order valence-corrected chi connectivity index (χ2v) is 5.28. The third-order valence-corrected chi connectivity index (χ3v) is 3.75. The largest absolute Gasteiger partial charge is 0.456 e. The van der Waals surface area contributed by atoms with Gasteiger partial charge in [0.2, 0.25) is 0 Å². The number of benzene rings is 3. The summed E-state index contributed by atoms with van der Waals surface area (Å²) < 4.78 is 5.93. The third kappa shape index (κ3) is 3.22. The summed E-state index contributed by atoms with van der Waals surface area (Å²) in [6, 6.07) is 29.1. The van der Waals surface area contributed by atoms with Gasteiger partial charge in [-0.3, -0.25) is 0 Å². The summed E-state index contributed by atoms with van der Waals surface area (Å²) in [6.07, 6.45) is 0. The molecule has 0 unspecified atom stereocenters. The zero-order chi connectivity index (χ0) is 13.6. The fourth-order valence-corrected chi connectivity index (χ4v) is 2.65. The third-order valence-electron chi connectivity index (χ3n) is 2.72. The van der Waals surface area contributed by atoms with E-state index in [2.05, 4.69) is 18.2 Å². The molecule has 0 atom stereocenters. The Balaban J connectivity index is 1.85. The zero-order valence-electron chi connectivity index (χ0n) is 10.8. The monoisotopic (exact) mass is 277 g/mol. The van der Waals surface area contributed by atoms with Crippen molar-refractivity contribution in [3.63, 3.8) is 0 Å². The molecule has 0 N–H and O–H groups in total. The van der Waals surface area contributed by atoms with E-state index in [4.69, 9.17) is 4.74 Å². The standard InChI is InChI=1S/C18H13OS/c1-3-9-15(10-4-1)19-17-13-7-8-14-18(17)20-16-11-5-2-6-12-16/h1-13H. The van der Waals surface area contributed by atoms with Crippen LogP contribution in [0.15, 0.2) is 88.7 Å². The SMILES string of the molecule is [c]1cccc(Oc2ccccc2)c1Sc1ccccc1. The van der Waals surface area contributed by atoms with Crippen LogP contribution in [0.1, 0.15) is 0 Å². The number of hydrogen-bond donors (Lipinski definition) is 0. The van der Waals surface area contributed by atoms with Crippen LogP contribution in [0.25, 0.3) is 0 Å². The van der Waals surface area contributed by atoms with Crippen molar-refractivity contribution in [1.29, 1.82) is 0 Å². The molecule has 0 amide bonds. The highest BCUT2D eigenvalue weighted by Crippen LogP contribution is 2.36. The van der Waals surface area contributed by atoms with Crippen LogP contribution >= 0.6 is 11.8 Å². The van der Waals surface area contributed by atoms with Crippen LogP contribution in [0.2, 0.25) is 0 Å². The number of rotatable bonds is 4. The lowest BCUT2D eigenvalue weighted by Crippen LogP contribution is -1.86. The van der Waals surface area contributed by atoms with Crippen molar-refractivity contribution in [3.05, 3.63) is 84.9 Å². The molecule has 20 heavy (non-hydrogen) atoms. The predicted octanol–water partition coefficient (Wildman–Crippen LogP) is 5.43. The van der Waals surface area contributed by atoms with Gasteiger partial charge < -0.3 is 4.74 Å². The summed E-state index contributed by atoms with van der Waals surface area (Å²) in [5.74, 6) is 1.66. The maximum atomic E-state index is 5.93. The van der Waals surface area contributed by atoms with Crippen LogP contribution in [-0.2, 0) is 0 Å². The van der Waals surface area contributed by atoms with Gasteiger partial charge in [-0.25, -0.2) is 0 Å². The molecule has 0 aliphatic heterocycles. The summed E-state index contributed by atoms with van der Waals surface area (Å²) in [6.45, 7) is 0. The smallest absolute Gasteiger partial charge is 0.141 e. The van der Waals surface area contributed by atoms with Crippen molar-refractivity contribution in [1.82, 2.24) is 0 Å². The topological polar surface area (TPSA) is 9.23 Å². The van der Waals surface area contributed by atoms with Crippen molar-refractivity contribution in [2.24, 2.45) is 0 Å². The highest BCUT2D eigenvalue weighted by atomic mass is 32.2. The maximum absolute atomic E-state index is 5.93. The molecule has 1 radical (unpaired) electrons. The lowest BCUT2D eigenvalue weighted by Gasteiger charge is -2.10. The molecule has 0 bridgehead atoms. The first-order valence-corrected chi connectivity index (χ1v) is 7.20. The highest BCUT2D eigenvalue weighted by Gasteiger charge is 2.06. The number of ether oxygens (including phenoxy) is 1. The van der Waals surface area contributed by atoms with Crippen LogP contribution in [0.5, 0.6) is 11.5 Å². The average Bonchev–Trinajstić information content (AvgIpc) is 2.51. The molecule has 0 spiro atoms. The van der Waals surface area contributed by atoms with Crippen LogP contribution < -0.4 is 4.74 Å². The van der Waals surface area contributed by atoms with Crippen molar-refractivity contribution in [2.75, 3.05) is 0 Å². The van der Waals surface area contributed by atoms with Crippen LogP contribution in [-0.4, -0.2) is 0 Å². The molecule has 0 aromatic heterocycles. The Morgan fingerprint density at radius 3 is 2.20 bits per heavy atom. The van der Waals surface area contributed by atoms with Crippen molar-refractivity contribution < 1.29 is 4.74 Å². The summed E-state index contributed by atoms with van der Waals surface area (Å²) in [7, 11) is 0. The molecule has 0 saturated carbocycles. The molecular weight excluding hydrogens is 264 g/mol. The van der Waals surface area contributed by atoms with E-state index < -0.39 is 0 Å². The normalized spacial score (nSPS) is 10.2. The summed E-state index contributed by atoms with van der Waals surface area (Å²) >= 11 is 1.65. The van der Waals surface area contributed by atoms with E-state index in [9.17, 15) is 0 Å². The Bertz CT molecular complexity index is 605. The minimum Gasteiger partial charge on any atom is -0.456 e. The van der Waals surface area contributed by atoms with Gasteiger partial charge in [0, 0.05) is 11.0 Å². The van der Waals surface area contributed by atoms with Gasteiger partial charge in [0.25, 0.3) is 0 Å². The first-order chi connectivity index (χ1) is 9.92. The van der Waals surface area contributed by atoms with Gasteiger partial charge in [-0.2, -0.15) is 0 Å². The van der Waals surface area contributed by atoms with Gasteiger partial charge in [0.1, 0.15) is 11.5 Å². The van der Waals surface area contributed by atoms with Gasteiger partial charge in [-0.1, -0.05) is 60.3 Å². The Labute approximate surface area is 123 Å². The minimum absolute atomic E-state index is 0.826. The van der Waals surface area contributed by atoms with Crippen molar-refractivity contribution in [2.45, 2.75) is 9.79 Å². The molecule has 0 fully saturated rings. The first kappa shape index (κ1) is 12.8. The highest BCUT2D eigenvalue weighted by molar-refractivity contribution is 7.99. The molecule has 1 nitrogen and oxygen atoms in total. The molecule has 2 heteroatoms. The van der Waals surface area contributed by atoms with Crippen molar-refractivity contribution in [3.8, 4) is 11.5 Å². The fourth-order valence-electron chi connectivity index (χ4n) is 1.79. The van der Waals surface area contributed by atoms with E-state index in [1.807, 2.05) is 66.7 Å². The van der Waals surface area contributed by atoms with E-state index >= 15 is 0 Å². The van der Waals surface area contributed by atoms with Crippen LogP contribution in [0, 0.1) is 6.07 Å². The van der Waals surface area contributed by atoms with Gasteiger partial charge in [0.05, 0.1) is 4.90 Å². The van der Waals surface area contributed by atoms with Crippen LogP contribution in [0.3, 0.4) is 0 Å². The van der Waals surface area contributed by atoms with E-state index in [1.165, 1.54) is 4.90 Å². The minimum atomic E-state index is 0.826. The van der Waals surface area contributed by atoms with E-state index in [1.54, 1.807) is 11.8 Å². The average molecular weight is 277 g/mol. The number of hydrogen-bond acceptors (Lipinski definition) is 2. The lowest BCUT2D eigenvalue weighted by atomic mass is 10.3. The molecule has 3 rings (SSSR count). The quantitative estimate of drug-likeness (QED) is 0.629. The lowest BCUT2D eigenvalue weighted by molar-refractivity contribution is 0.471. The predicted molar refractivity (Wildman–Crippen MR) is 82.4 cm³/mol. The van der Waals surface area contributed by atoms with E-state index in [0.717, 1.165) is 16.4 Å². The van der Waals surface area contributed by atoms with Gasteiger partial charge in [0.15, 0.2) is 0 Å². The van der Waals surface area contributed by atoms with Gasteiger partial charge >= 0.3 is 0 Å². The second kappa shape index (κ2) is 6.31. The first-order valence-electron chi connectivity index (χ1n) is 6.38. The zero-order valence-corrected chi connectivity index (χ0v) is 11.6. The molecule has 0 heterocycles. The summed E-state index contributed by atoms with van der Waals surface area (Å²) in [5, 5.41) is 0. The molecule has 0 saturated heterocycles. The molecule has 3 aromatic rings. The molecule has 97 valence electrons. The summed E-state index contributed by atoms with van der Waals surface area (Å²) in [4.78, 5) is 2.16. The van der Waals surface area contributed by atoms with Crippen molar-refractivity contribution >= 4 is 11.8 Å². The fraction of sp³-hybridized carbons (Fsp3) is 0. The summed E-state index contributed by atoms with van der Waals surface area (Å²) in [5.41, 5.74) is 0. The van der Waals surface area contributed by atoms with Gasteiger partial charge in [-0.15, -0.1) is 0 Å². The number of para-hydroxylation sites is 1. The molecule has 3 aromatic carbocycles. The Hall–Kier alpha value is -2.19. The van der Waals surface area contributed by atoms with Gasteiger partial charge in [-0.05, 0) is 30.3 Å². The van der Waals surface area contributed by atoms with Crippen LogP contribution in [0.4, 0.5) is 0 Å². The Kier molecular flexibility index (Phi) is 4.04. The molecule has 0 aliphatic carbocycles. The molecule has 0 aliphatic rings. The second-order valence-electron chi connectivity index (χ2n) is 4.19. The Morgan fingerprint density at radius 2 is 1.45 bits per heavy atom. The van der Waals surface area contributed by atoms with E-state index in [0.29, 0.717) is 0 Å². The van der Waals surface area contributed by atoms with E-state index in [-0.39, 0.29) is 0 Å². The maximum Gasteiger partial charge on any atom is 0.141 e.